The normalized spacial score (nSPS) is 13.7. The number of hydrogen-bond acceptors (Lipinski definition) is 5. The van der Waals surface area contributed by atoms with E-state index in [4.69, 9.17) is 5.26 Å². The molecule has 0 saturated carbocycles. The van der Waals surface area contributed by atoms with Gasteiger partial charge in [-0.1, -0.05) is 39.8 Å². The highest BCUT2D eigenvalue weighted by atomic mass is 16.2. The van der Waals surface area contributed by atoms with Crippen molar-refractivity contribution in [2.24, 2.45) is 0 Å². The van der Waals surface area contributed by atoms with Gasteiger partial charge < -0.3 is 15.1 Å². The Morgan fingerprint density at radius 2 is 1.78 bits per heavy atom. The fraction of sp³-hybridized carbons (Fsp3) is 0.500. The molecule has 2 rings (SSSR count). The molecule has 0 spiro atoms. The molecule has 0 bridgehead atoms. The average Bonchev–Trinajstić information content (AvgIpc) is 2.76. The Kier molecular flexibility index (Phi) is 12.8. The summed E-state index contributed by atoms with van der Waals surface area (Å²) in [5.74, 6) is 0.722. The molecule has 2 heterocycles. The predicted molar refractivity (Wildman–Crippen MR) is 110 cm³/mol. The van der Waals surface area contributed by atoms with Crippen LogP contribution in [-0.2, 0) is 0 Å². The first kappa shape index (κ1) is 24.1. The van der Waals surface area contributed by atoms with E-state index in [1.165, 1.54) is 6.33 Å². The van der Waals surface area contributed by atoms with Crippen LogP contribution in [-0.4, -0.2) is 47.1 Å². The molecule has 1 aliphatic rings. The molecule has 0 aliphatic carbocycles. The topological polar surface area (TPSA) is 85.2 Å². The predicted octanol–water partition coefficient (Wildman–Crippen LogP) is 3.71. The molecule has 7 heteroatoms. The van der Waals surface area contributed by atoms with Crippen LogP contribution in [0.15, 0.2) is 36.3 Å². The largest absolute Gasteiger partial charge is 0.353 e. The molecule has 1 aromatic heterocycles. The summed E-state index contributed by atoms with van der Waals surface area (Å²) in [6, 6.07) is 3.57. The zero-order valence-electron chi connectivity index (χ0n) is 17.4. The number of amides is 2. The van der Waals surface area contributed by atoms with Crippen molar-refractivity contribution in [2.75, 3.05) is 31.1 Å². The summed E-state index contributed by atoms with van der Waals surface area (Å²) in [7, 11) is 0. The lowest BCUT2D eigenvalue weighted by molar-refractivity contribution is 0.197. The molecular formula is C20H32N6O. The SMILES string of the molecule is C/C=C\C(=C/C)NC(=O)N1CCN(c2cc(C#N)ncn2)CC1.CC.CC. The highest BCUT2D eigenvalue weighted by molar-refractivity contribution is 5.77. The monoisotopic (exact) mass is 372 g/mol. The van der Waals surface area contributed by atoms with Crippen molar-refractivity contribution in [1.29, 1.82) is 5.26 Å². The molecule has 0 unspecified atom stereocenters. The lowest BCUT2D eigenvalue weighted by Crippen LogP contribution is -2.51. The third kappa shape index (κ3) is 7.90. The average molecular weight is 373 g/mol. The minimum atomic E-state index is -0.101. The van der Waals surface area contributed by atoms with Crippen LogP contribution in [0.1, 0.15) is 47.2 Å². The Morgan fingerprint density at radius 1 is 1.15 bits per heavy atom. The number of piperazine rings is 1. The number of nitriles is 1. The van der Waals surface area contributed by atoms with Crippen LogP contribution in [0.2, 0.25) is 0 Å². The van der Waals surface area contributed by atoms with Crippen molar-refractivity contribution in [3.05, 3.63) is 42.0 Å². The molecular weight excluding hydrogens is 340 g/mol. The van der Waals surface area contributed by atoms with Crippen LogP contribution in [0.25, 0.3) is 0 Å². The number of aromatic nitrogens is 2. The Hall–Kier alpha value is -2.88. The molecule has 148 valence electrons. The fourth-order valence-corrected chi connectivity index (χ4v) is 2.31. The van der Waals surface area contributed by atoms with E-state index in [0.717, 1.165) is 11.5 Å². The number of allylic oxidation sites excluding steroid dienone is 3. The maximum absolute atomic E-state index is 12.2. The van der Waals surface area contributed by atoms with Crippen molar-refractivity contribution < 1.29 is 4.79 Å². The fourth-order valence-electron chi connectivity index (χ4n) is 2.31. The number of anilines is 1. The van der Waals surface area contributed by atoms with E-state index in [2.05, 4.69) is 20.2 Å². The van der Waals surface area contributed by atoms with Gasteiger partial charge in [0, 0.05) is 37.9 Å². The molecule has 1 N–H and O–H groups in total. The van der Waals surface area contributed by atoms with Gasteiger partial charge in [0.1, 0.15) is 23.9 Å². The number of rotatable bonds is 3. The van der Waals surface area contributed by atoms with Crippen LogP contribution >= 0.6 is 0 Å². The van der Waals surface area contributed by atoms with E-state index >= 15 is 0 Å². The van der Waals surface area contributed by atoms with Crippen molar-refractivity contribution >= 4 is 11.8 Å². The third-order valence-corrected chi connectivity index (χ3v) is 3.57. The molecule has 27 heavy (non-hydrogen) atoms. The summed E-state index contributed by atoms with van der Waals surface area (Å²) < 4.78 is 0. The Bertz CT molecular complexity index is 655. The number of carbonyl (C=O) groups excluding carboxylic acids is 1. The van der Waals surface area contributed by atoms with Gasteiger partial charge in [-0.05, 0) is 19.9 Å². The maximum atomic E-state index is 12.2. The molecule has 2 amide bonds. The van der Waals surface area contributed by atoms with Crippen LogP contribution in [0.3, 0.4) is 0 Å². The van der Waals surface area contributed by atoms with E-state index in [0.29, 0.717) is 31.9 Å². The van der Waals surface area contributed by atoms with Crippen molar-refractivity contribution in [3.8, 4) is 6.07 Å². The summed E-state index contributed by atoms with van der Waals surface area (Å²) >= 11 is 0. The summed E-state index contributed by atoms with van der Waals surface area (Å²) in [5, 5.41) is 11.8. The van der Waals surface area contributed by atoms with Gasteiger partial charge in [-0.25, -0.2) is 14.8 Å². The number of urea groups is 1. The van der Waals surface area contributed by atoms with Crippen molar-refractivity contribution in [3.63, 3.8) is 0 Å². The minimum absolute atomic E-state index is 0.101. The maximum Gasteiger partial charge on any atom is 0.321 e. The van der Waals surface area contributed by atoms with E-state index in [1.807, 2.05) is 65.8 Å². The van der Waals surface area contributed by atoms with Crippen LogP contribution in [0.4, 0.5) is 10.6 Å². The first-order valence-corrected chi connectivity index (χ1v) is 9.50. The lowest BCUT2D eigenvalue weighted by atomic mass is 10.3. The second-order valence-corrected chi connectivity index (χ2v) is 5.02. The summed E-state index contributed by atoms with van der Waals surface area (Å²) in [4.78, 5) is 24.1. The van der Waals surface area contributed by atoms with E-state index < -0.39 is 0 Å². The van der Waals surface area contributed by atoms with Crippen molar-refractivity contribution in [2.45, 2.75) is 41.5 Å². The molecule has 0 aromatic carbocycles. The van der Waals surface area contributed by atoms with E-state index in [9.17, 15) is 4.79 Å². The number of hydrogen-bond donors (Lipinski definition) is 1. The highest BCUT2D eigenvalue weighted by Crippen LogP contribution is 2.13. The molecule has 1 saturated heterocycles. The molecule has 1 fully saturated rings. The number of carbonyl (C=O) groups is 1. The zero-order chi connectivity index (χ0) is 20.7. The van der Waals surface area contributed by atoms with Gasteiger partial charge in [-0.2, -0.15) is 5.26 Å². The molecule has 1 aliphatic heterocycles. The Morgan fingerprint density at radius 3 is 2.30 bits per heavy atom. The first-order valence-electron chi connectivity index (χ1n) is 9.50. The first-order chi connectivity index (χ1) is 13.2. The standard InChI is InChI=1S/C16H20N6O.2C2H6/c1-3-5-13(4-2)20-16(23)22-8-6-21(7-9-22)15-10-14(11-17)18-12-19-15;2*1-2/h3-5,10,12H,6-9H2,1-2H3,(H,20,23);2*1-2H3/b5-3-,13-4+;;. The second kappa shape index (κ2) is 14.3. The lowest BCUT2D eigenvalue weighted by Gasteiger charge is -2.35. The van der Waals surface area contributed by atoms with Gasteiger partial charge in [0.15, 0.2) is 0 Å². The number of nitrogens with zero attached hydrogens (tertiary/aromatic N) is 5. The summed E-state index contributed by atoms with van der Waals surface area (Å²) in [6.07, 6.45) is 6.99. The van der Waals surface area contributed by atoms with Gasteiger partial charge in [-0.15, -0.1) is 0 Å². The highest BCUT2D eigenvalue weighted by Gasteiger charge is 2.22. The van der Waals surface area contributed by atoms with Gasteiger partial charge in [0.2, 0.25) is 0 Å². The molecule has 0 atom stereocenters. The van der Waals surface area contributed by atoms with E-state index in [-0.39, 0.29) is 6.03 Å². The van der Waals surface area contributed by atoms with Crippen LogP contribution in [0, 0.1) is 11.3 Å². The summed E-state index contributed by atoms with van der Waals surface area (Å²) in [6.45, 7) is 14.3. The number of nitrogens with one attached hydrogen (secondary N) is 1. The minimum Gasteiger partial charge on any atom is -0.353 e. The zero-order valence-corrected chi connectivity index (χ0v) is 17.4. The quantitative estimate of drug-likeness (QED) is 0.818. The van der Waals surface area contributed by atoms with Crippen molar-refractivity contribution in [1.82, 2.24) is 20.2 Å². The van der Waals surface area contributed by atoms with Gasteiger partial charge >= 0.3 is 6.03 Å². The third-order valence-electron chi connectivity index (χ3n) is 3.57. The molecule has 0 radical (unpaired) electrons. The smallest absolute Gasteiger partial charge is 0.321 e. The second-order valence-electron chi connectivity index (χ2n) is 5.02. The molecule has 1 aromatic rings. The van der Waals surface area contributed by atoms with Gasteiger partial charge in [-0.3, -0.25) is 0 Å². The van der Waals surface area contributed by atoms with Crippen LogP contribution in [0.5, 0.6) is 0 Å². The molecule has 7 nitrogen and oxygen atoms in total. The summed E-state index contributed by atoms with van der Waals surface area (Å²) in [5.41, 5.74) is 1.13. The van der Waals surface area contributed by atoms with Gasteiger partial charge in [0.05, 0.1) is 0 Å². The van der Waals surface area contributed by atoms with Crippen LogP contribution < -0.4 is 10.2 Å². The van der Waals surface area contributed by atoms with Gasteiger partial charge in [0.25, 0.3) is 0 Å². The Labute approximate surface area is 163 Å². The Balaban J connectivity index is 0.00000158. The van der Waals surface area contributed by atoms with E-state index in [1.54, 1.807) is 11.0 Å².